The van der Waals surface area contributed by atoms with Gasteiger partial charge in [0.25, 0.3) is 5.91 Å². The van der Waals surface area contributed by atoms with Crippen molar-refractivity contribution in [2.45, 2.75) is 6.92 Å². The van der Waals surface area contributed by atoms with Crippen LogP contribution in [0, 0.1) is 12.7 Å². The molecule has 1 fully saturated rings. The highest BCUT2D eigenvalue weighted by atomic mass is 35.5. The van der Waals surface area contributed by atoms with Crippen LogP contribution in [0.4, 0.5) is 9.18 Å². The summed E-state index contributed by atoms with van der Waals surface area (Å²) in [7, 11) is 3.43. The average Bonchev–Trinajstić information content (AvgIpc) is 3.15. The molecular formula is C25H26ClFN4O2. The molecule has 0 saturated carbocycles. The van der Waals surface area contributed by atoms with E-state index in [2.05, 4.69) is 0 Å². The minimum absolute atomic E-state index is 0.0611. The van der Waals surface area contributed by atoms with Crippen LogP contribution in [0.1, 0.15) is 16.1 Å². The Balaban J connectivity index is 1.70. The van der Waals surface area contributed by atoms with E-state index in [4.69, 9.17) is 11.6 Å². The van der Waals surface area contributed by atoms with Crippen molar-refractivity contribution in [3.8, 4) is 16.9 Å². The Kier molecular flexibility index (Phi) is 6.42. The molecule has 6 nitrogen and oxygen atoms in total. The molecule has 0 N–H and O–H groups in total. The van der Waals surface area contributed by atoms with Crippen LogP contribution >= 0.6 is 11.6 Å². The van der Waals surface area contributed by atoms with Crippen molar-refractivity contribution in [1.82, 2.24) is 19.3 Å². The summed E-state index contributed by atoms with van der Waals surface area (Å²) in [5, 5.41) is 0.598. The Bertz CT molecular complexity index is 1180. The van der Waals surface area contributed by atoms with Gasteiger partial charge in [0.15, 0.2) is 0 Å². The maximum Gasteiger partial charge on any atom is 0.319 e. The molecule has 2 heterocycles. The molecule has 0 aliphatic carbocycles. The number of amides is 3. The molecule has 0 atom stereocenters. The van der Waals surface area contributed by atoms with E-state index in [1.165, 1.54) is 11.0 Å². The van der Waals surface area contributed by atoms with Gasteiger partial charge in [-0.05, 0) is 42.8 Å². The number of piperazine rings is 1. The SMILES string of the molecule is Cc1c(C(=O)N2CCN(C(=O)N(C)C)CC2)cc(-c2ccc(Cl)cc2)n1-c1ccccc1F. The number of urea groups is 1. The van der Waals surface area contributed by atoms with E-state index in [9.17, 15) is 14.0 Å². The van der Waals surface area contributed by atoms with Crippen molar-refractivity contribution in [2.75, 3.05) is 40.3 Å². The van der Waals surface area contributed by atoms with Crippen LogP contribution < -0.4 is 0 Å². The molecule has 0 spiro atoms. The normalized spacial score (nSPS) is 13.8. The number of carbonyl (C=O) groups is 2. The molecule has 1 aromatic heterocycles. The van der Waals surface area contributed by atoms with Gasteiger partial charge in [0.05, 0.1) is 16.9 Å². The largest absolute Gasteiger partial charge is 0.335 e. The van der Waals surface area contributed by atoms with Gasteiger partial charge in [-0.25, -0.2) is 9.18 Å². The predicted molar refractivity (Wildman–Crippen MR) is 127 cm³/mol. The van der Waals surface area contributed by atoms with Gasteiger partial charge >= 0.3 is 6.03 Å². The number of rotatable bonds is 3. The first kappa shape index (κ1) is 22.9. The Morgan fingerprint density at radius 1 is 0.939 bits per heavy atom. The molecular weight excluding hydrogens is 443 g/mol. The van der Waals surface area contributed by atoms with Crippen molar-refractivity contribution in [3.05, 3.63) is 76.7 Å². The van der Waals surface area contributed by atoms with Gasteiger partial charge in [-0.15, -0.1) is 0 Å². The zero-order chi connectivity index (χ0) is 23.7. The number of carbonyl (C=O) groups excluding carboxylic acids is 2. The van der Waals surface area contributed by atoms with E-state index in [0.29, 0.717) is 53.8 Å². The summed E-state index contributed by atoms with van der Waals surface area (Å²) in [6.45, 7) is 3.66. The Morgan fingerprint density at radius 3 is 2.15 bits per heavy atom. The number of para-hydroxylation sites is 1. The van der Waals surface area contributed by atoms with Gasteiger partial charge in [-0.3, -0.25) is 4.79 Å². The molecule has 2 aromatic carbocycles. The Hall–Kier alpha value is -3.32. The van der Waals surface area contributed by atoms with Gasteiger partial charge in [0.1, 0.15) is 5.82 Å². The first-order valence-electron chi connectivity index (χ1n) is 10.8. The third kappa shape index (κ3) is 4.46. The lowest BCUT2D eigenvalue weighted by Gasteiger charge is -2.36. The van der Waals surface area contributed by atoms with Crippen molar-refractivity contribution in [3.63, 3.8) is 0 Å². The summed E-state index contributed by atoms with van der Waals surface area (Å²) < 4.78 is 16.6. The maximum absolute atomic E-state index is 14.8. The molecule has 0 unspecified atom stereocenters. The molecule has 1 aliphatic rings. The third-order valence-corrected chi connectivity index (χ3v) is 6.18. The number of hydrogen-bond donors (Lipinski definition) is 0. The fourth-order valence-corrected chi connectivity index (χ4v) is 4.28. The van der Waals surface area contributed by atoms with Crippen LogP contribution in [0.2, 0.25) is 5.02 Å². The highest BCUT2D eigenvalue weighted by Crippen LogP contribution is 2.32. The molecule has 33 heavy (non-hydrogen) atoms. The van der Waals surface area contributed by atoms with Crippen LogP contribution in [0.15, 0.2) is 54.6 Å². The van der Waals surface area contributed by atoms with Crippen molar-refractivity contribution in [2.24, 2.45) is 0 Å². The molecule has 3 aromatic rings. The number of aromatic nitrogens is 1. The second-order valence-electron chi connectivity index (χ2n) is 8.28. The molecule has 0 radical (unpaired) electrons. The zero-order valence-electron chi connectivity index (χ0n) is 18.9. The van der Waals surface area contributed by atoms with Crippen molar-refractivity contribution >= 4 is 23.5 Å². The van der Waals surface area contributed by atoms with E-state index in [-0.39, 0.29) is 17.8 Å². The van der Waals surface area contributed by atoms with Crippen LogP contribution in [-0.4, -0.2) is 71.5 Å². The predicted octanol–water partition coefficient (Wildman–Crippen LogP) is 4.68. The maximum atomic E-state index is 14.8. The first-order chi connectivity index (χ1) is 15.8. The number of hydrogen-bond acceptors (Lipinski definition) is 2. The molecule has 3 amide bonds. The molecule has 172 valence electrons. The van der Waals surface area contributed by atoms with E-state index < -0.39 is 0 Å². The minimum Gasteiger partial charge on any atom is -0.335 e. The highest BCUT2D eigenvalue weighted by molar-refractivity contribution is 6.30. The first-order valence-corrected chi connectivity index (χ1v) is 11.1. The lowest BCUT2D eigenvalue weighted by molar-refractivity contribution is 0.0649. The summed E-state index contributed by atoms with van der Waals surface area (Å²) in [5.41, 5.74) is 3.07. The van der Waals surface area contributed by atoms with Gasteiger partial charge in [-0.1, -0.05) is 35.9 Å². The highest BCUT2D eigenvalue weighted by Gasteiger charge is 2.29. The van der Waals surface area contributed by atoms with Gasteiger partial charge < -0.3 is 19.3 Å². The Labute approximate surface area is 197 Å². The topological polar surface area (TPSA) is 48.8 Å². The lowest BCUT2D eigenvalue weighted by atomic mass is 10.1. The lowest BCUT2D eigenvalue weighted by Crippen LogP contribution is -2.52. The summed E-state index contributed by atoms with van der Waals surface area (Å²) >= 11 is 6.06. The molecule has 8 heteroatoms. The third-order valence-electron chi connectivity index (χ3n) is 5.93. The van der Waals surface area contributed by atoms with Crippen molar-refractivity contribution < 1.29 is 14.0 Å². The fourth-order valence-electron chi connectivity index (χ4n) is 4.15. The smallest absolute Gasteiger partial charge is 0.319 e. The van der Waals surface area contributed by atoms with Gasteiger partial charge in [-0.2, -0.15) is 0 Å². The van der Waals surface area contributed by atoms with E-state index in [1.54, 1.807) is 58.8 Å². The molecule has 4 rings (SSSR count). The van der Waals surface area contributed by atoms with Crippen LogP contribution in [0.5, 0.6) is 0 Å². The van der Waals surface area contributed by atoms with Crippen molar-refractivity contribution in [1.29, 1.82) is 0 Å². The second-order valence-corrected chi connectivity index (χ2v) is 8.72. The van der Waals surface area contributed by atoms with Gasteiger partial charge in [0, 0.05) is 51.0 Å². The summed E-state index contributed by atoms with van der Waals surface area (Å²) in [6.07, 6.45) is 0. The number of benzene rings is 2. The zero-order valence-corrected chi connectivity index (χ0v) is 19.6. The average molecular weight is 469 g/mol. The quantitative estimate of drug-likeness (QED) is 0.560. The van der Waals surface area contributed by atoms with E-state index in [0.717, 1.165) is 5.56 Å². The van der Waals surface area contributed by atoms with E-state index in [1.807, 2.05) is 25.1 Å². The fraction of sp³-hybridized carbons (Fsp3) is 0.280. The second kappa shape index (κ2) is 9.27. The molecule has 0 bridgehead atoms. The van der Waals surface area contributed by atoms with Crippen LogP contribution in [0.3, 0.4) is 0 Å². The molecule has 1 aliphatic heterocycles. The Morgan fingerprint density at radius 2 is 1.55 bits per heavy atom. The number of nitrogens with zero attached hydrogens (tertiary/aromatic N) is 4. The van der Waals surface area contributed by atoms with Gasteiger partial charge in [0.2, 0.25) is 0 Å². The summed E-state index contributed by atoms with van der Waals surface area (Å²) in [6, 6.07) is 15.5. The van der Waals surface area contributed by atoms with Crippen LogP contribution in [-0.2, 0) is 0 Å². The van der Waals surface area contributed by atoms with Crippen LogP contribution in [0.25, 0.3) is 16.9 Å². The standard InChI is InChI=1S/C25H26ClFN4O2/c1-17-20(24(32)29-12-14-30(15-13-29)25(33)28(2)3)16-23(18-8-10-19(26)11-9-18)31(17)22-7-5-4-6-21(22)27/h4-11,16H,12-15H2,1-3H3. The number of halogens is 2. The minimum atomic E-state index is -0.374. The monoisotopic (exact) mass is 468 g/mol. The van der Waals surface area contributed by atoms with E-state index >= 15 is 0 Å². The molecule has 1 saturated heterocycles. The summed E-state index contributed by atoms with van der Waals surface area (Å²) in [5.74, 6) is -0.504. The summed E-state index contributed by atoms with van der Waals surface area (Å²) in [4.78, 5) is 30.7.